The number of methoxy groups -OCH3 is 1. The molecule has 1 aliphatic heterocycles. The zero-order valence-electron chi connectivity index (χ0n) is 20.5. The number of nitro groups is 1. The Balaban J connectivity index is 1.45. The van der Waals surface area contributed by atoms with Crippen molar-refractivity contribution in [2.75, 3.05) is 56.2 Å². The van der Waals surface area contributed by atoms with Gasteiger partial charge in [0.15, 0.2) is 5.11 Å². The van der Waals surface area contributed by atoms with Crippen LogP contribution < -0.4 is 15.1 Å². The van der Waals surface area contributed by atoms with Crippen LogP contribution in [0.5, 0.6) is 0 Å². The van der Waals surface area contributed by atoms with E-state index in [2.05, 4.69) is 25.1 Å². The number of non-ortho nitro benzene ring substituents is 1. The second-order valence-electron chi connectivity index (χ2n) is 8.49. The van der Waals surface area contributed by atoms with Crippen LogP contribution in [0, 0.1) is 10.1 Å². The van der Waals surface area contributed by atoms with E-state index < -0.39 is 4.92 Å². The van der Waals surface area contributed by atoms with Gasteiger partial charge >= 0.3 is 0 Å². The van der Waals surface area contributed by atoms with Crippen molar-refractivity contribution in [1.82, 2.24) is 20.2 Å². The minimum Gasteiger partial charge on any atom is -0.383 e. The zero-order chi connectivity index (χ0) is 26.2. The van der Waals surface area contributed by atoms with Crippen LogP contribution in [0.4, 0.5) is 17.1 Å². The van der Waals surface area contributed by atoms with Gasteiger partial charge in [0.2, 0.25) is 0 Å². The monoisotopic (exact) mass is 523 g/mol. The predicted molar refractivity (Wildman–Crippen MR) is 145 cm³/mol. The maximum Gasteiger partial charge on any atom is 0.269 e. The summed E-state index contributed by atoms with van der Waals surface area (Å²) in [5, 5.41) is 15.0. The average molecular weight is 524 g/mol. The second-order valence-corrected chi connectivity index (χ2v) is 8.87. The third kappa shape index (κ3) is 6.60. The Labute approximate surface area is 220 Å². The van der Waals surface area contributed by atoms with E-state index in [0.717, 1.165) is 42.7 Å². The topological polar surface area (TPSA) is 120 Å². The van der Waals surface area contributed by atoms with Gasteiger partial charge in [0.05, 0.1) is 30.1 Å². The molecule has 0 saturated carbocycles. The number of anilines is 2. The Morgan fingerprint density at radius 3 is 2.46 bits per heavy atom. The number of carbonyl (C=O) groups is 1. The van der Waals surface area contributed by atoms with E-state index in [1.54, 1.807) is 24.5 Å². The summed E-state index contributed by atoms with van der Waals surface area (Å²) in [6.07, 6.45) is 3.23. The summed E-state index contributed by atoms with van der Waals surface area (Å²) in [5.74, 6) is -0.264. The largest absolute Gasteiger partial charge is 0.383 e. The molecule has 1 amide bonds. The Morgan fingerprint density at radius 1 is 1.16 bits per heavy atom. The van der Waals surface area contributed by atoms with Crippen LogP contribution in [0.1, 0.15) is 16.1 Å². The van der Waals surface area contributed by atoms with Crippen molar-refractivity contribution in [2.24, 2.45) is 0 Å². The summed E-state index contributed by atoms with van der Waals surface area (Å²) in [6, 6.07) is 13.5. The number of hydrogen-bond acceptors (Lipinski definition) is 7. The lowest BCUT2D eigenvalue weighted by molar-refractivity contribution is -0.384. The number of rotatable bonds is 9. The molecule has 2 heterocycles. The highest BCUT2D eigenvalue weighted by Gasteiger charge is 2.22. The average Bonchev–Trinajstić information content (AvgIpc) is 3.45. The van der Waals surface area contributed by atoms with Gasteiger partial charge in [0.1, 0.15) is 0 Å². The molecule has 3 aromatic rings. The highest BCUT2D eigenvalue weighted by molar-refractivity contribution is 7.80. The minimum absolute atomic E-state index is 0.0624. The number of thiocarbonyl (C=S) groups is 1. The van der Waals surface area contributed by atoms with Crippen molar-refractivity contribution in [3.05, 3.63) is 82.4 Å². The number of benzene rings is 2. The number of nitrogens with zero attached hydrogens (tertiary/aromatic N) is 5. The Morgan fingerprint density at radius 2 is 1.86 bits per heavy atom. The van der Waals surface area contributed by atoms with E-state index in [4.69, 9.17) is 17.0 Å². The van der Waals surface area contributed by atoms with Crippen molar-refractivity contribution in [2.45, 2.75) is 6.54 Å². The van der Waals surface area contributed by atoms with Gasteiger partial charge in [0, 0.05) is 75.1 Å². The summed E-state index contributed by atoms with van der Waals surface area (Å²) in [7, 11) is 1.66. The maximum absolute atomic E-state index is 13.4. The van der Waals surface area contributed by atoms with E-state index in [1.165, 1.54) is 24.3 Å². The quantitative estimate of drug-likeness (QED) is 0.189. The SMILES string of the molecule is COCCNC(=S)N1CCN(c2ccc(N(Cc3cnc[nH]3)C(=O)c3ccc([N+](=O)[O-])cc3)cc2)CC1. The molecule has 0 spiro atoms. The van der Waals surface area contributed by atoms with Crippen molar-refractivity contribution in [1.29, 1.82) is 0 Å². The second kappa shape index (κ2) is 12.3. The lowest BCUT2D eigenvalue weighted by Crippen LogP contribution is -2.52. The molecule has 1 aliphatic rings. The van der Waals surface area contributed by atoms with Crippen LogP contribution >= 0.6 is 12.2 Å². The first-order chi connectivity index (χ1) is 18.0. The molecule has 1 fully saturated rings. The number of imidazole rings is 1. The summed E-state index contributed by atoms with van der Waals surface area (Å²) in [5.41, 5.74) is 2.84. The lowest BCUT2D eigenvalue weighted by atomic mass is 10.1. The Kier molecular flexibility index (Phi) is 8.64. The first-order valence-electron chi connectivity index (χ1n) is 11.9. The first-order valence-corrected chi connectivity index (χ1v) is 12.3. The number of hydrogen-bond donors (Lipinski definition) is 2. The summed E-state index contributed by atoms with van der Waals surface area (Å²) < 4.78 is 5.06. The summed E-state index contributed by atoms with van der Waals surface area (Å²) in [4.78, 5) is 37.1. The smallest absolute Gasteiger partial charge is 0.269 e. The van der Waals surface area contributed by atoms with E-state index in [0.29, 0.717) is 24.4 Å². The zero-order valence-corrected chi connectivity index (χ0v) is 21.3. The van der Waals surface area contributed by atoms with Gasteiger partial charge in [-0.15, -0.1) is 0 Å². The summed E-state index contributed by atoms with van der Waals surface area (Å²) >= 11 is 5.48. The third-order valence-electron chi connectivity index (χ3n) is 6.13. The van der Waals surface area contributed by atoms with Gasteiger partial charge < -0.3 is 29.7 Å². The van der Waals surface area contributed by atoms with Crippen LogP contribution in [0.25, 0.3) is 0 Å². The number of nitro benzene ring substituents is 1. The van der Waals surface area contributed by atoms with E-state index >= 15 is 0 Å². The predicted octanol–water partition coefficient (Wildman–Crippen LogP) is 2.81. The molecule has 0 unspecified atom stereocenters. The molecule has 4 rings (SSSR count). The number of nitrogens with one attached hydrogen (secondary N) is 2. The van der Waals surface area contributed by atoms with Crippen LogP contribution in [-0.2, 0) is 11.3 Å². The van der Waals surface area contributed by atoms with E-state index in [1.807, 2.05) is 24.3 Å². The van der Waals surface area contributed by atoms with Gasteiger partial charge in [-0.25, -0.2) is 4.98 Å². The molecule has 11 nitrogen and oxygen atoms in total. The molecule has 0 atom stereocenters. The van der Waals surface area contributed by atoms with Gasteiger partial charge in [0.25, 0.3) is 11.6 Å². The highest BCUT2D eigenvalue weighted by atomic mass is 32.1. The number of H-pyrrole nitrogens is 1. The Hall–Kier alpha value is -4.03. The molecule has 2 N–H and O–H groups in total. The molecular weight excluding hydrogens is 494 g/mol. The van der Waals surface area contributed by atoms with Gasteiger partial charge in [-0.05, 0) is 48.6 Å². The number of carbonyl (C=O) groups excluding carboxylic acids is 1. The molecule has 1 aromatic heterocycles. The fourth-order valence-electron chi connectivity index (χ4n) is 4.09. The van der Waals surface area contributed by atoms with Crippen LogP contribution in [0.15, 0.2) is 61.1 Å². The Bertz CT molecular complexity index is 1190. The highest BCUT2D eigenvalue weighted by Crippen LogP contribution is 2.25. The number of piperazine rings is 1. The fraction of sp³-hybridized carbons (Fsp3) is 0.320. The molecule has 37 heavy (non-hydrogen) atoms. The fourth-order valence-corrected chi connectivity index (χ4v) is 4.37. The molecule has 194 valence electrons. The molecule has 1 saturated heterocycles. The van der Waals surface area contributed by atoms with Crippen LogP contribution in [0.2, 0.25) is 0 Å². The van der Waals surface area contributed by atoms with Gasteiger partial charge in [-0.3, -0.25) is 14.9 Å². The molecule has 0 aliphatic carbocycles. The van der Waals surface area contributed by atoms with Crippen molar-refractivity contribution in [3.63, 3.8) is 0 Å². The van der Waals surface area contributed by atoms with E-state index in [-0.39, 0.29) is 18.1 Å². The number of ether oxygens (including phenoxy) is 1. The van der Waals surface area contributed by atoms with Crippen LogP contribution in [0.3, 0.4) is 0 Å². The molecule has 0 radical (unpaired) electrons. The molecule has 2 aromatic carbocycles. The van der Waals surface area contributed by atoms with Crippen molar-refractivity contribution < 1.29 is 14.5 Å². The van der Waals surface area contributed by atoms with Gasteiger partial charge in [-0.2, -0.15) is 0 Å². The third-order valence-corrected chi connectivity index (χ3v) is 6.53. The number of aromatic nitrogens is 2. The molecule has 0 bridgehead atoms. The van der Waals surface area contributed by atoms with Crippen molar-refractivity contribution in [3.8, 4) is 0 Å². The summed E-state index contributed by atoms with van der Waals surface area (Å²) in [6.45, 7) is 4.84. The molecule has 12 heteroatoms. The minimum atomic E-state index is -0.485. The number of amides is 1. The first kappa shape index (κ1) is 26.0. The normalized spacial score (nSPS) is 13.3. The van der Waals surface area contributed by atoms with Gasteiger partial charge in [-0.1, -0.05) is 0 Å². The maximum atomic E-state index is 13.4. The van der Waals surface area contributed by atoms with Crippen LogP contribution in [-0.4, -0.2) is 77.3 Å². The van der Waals surface area contributed by atoms with E-state index in [9.17, 15) is 14.9 Å². The standard InChI is InChI=1S/C25H29N7O4S/c1-36-15-10-27-25(37)30-13-11-29(12-14-30)21-6-8-22(9-7-21)31(17-20-16-26-18-28-20)24(33)19-2-4-23(5-3-19)32(34)35/h2-9,16,18H,10-15,17H2,1H3,(H,26,28)(H,27,37). The van der Waals surface area contributed by atoms with Crippen molar-refractivity contribution >= 4 is 40.3 Å². The lowest BCUT2D eigenvalue weighted by Gasteiger charge is -2.37. The number of aromatic amines is 1. The molecular formula is C25H29N7O4S.